The standard InChI is InChI=1S/C23H22N4O3S/c1-16(22(28)24-17-9-4-3-5-10-17)31-23-26-25-21(19-12-6-7-13-20(19)29-2)27(23)15-18-11-8-14-30-18/h3-14,16H,15H2,1-2H3,(H,24,28)/t16-/m1/s1. The average Bonchev–Trinajstić information content (AvgIpc) is 3.45. The lowest BCUT2D eigenvalue weighted by Crippen LogP contribution is -2.23. The molecule has 4 rings (SSSR count). The fourth-order valence-corrected chi connectivity index (χ4v) is 3.93. The summed E-state index contributed by atoms with van der Waals surface area (Å²) in [4.78, 5) is 12.7. The molecular weight excluding hydrogens is 412 g/mol. The SMILES string of the molecule is COc1ccccc1-c1nnc(S[C@H](C)C(=O)Nc2ccccc2)n1Cc1ccco1. The van der Waals surface area contributed by atoms with Crippen molar-refractivity contribution in [3.8, 4) is 17.1 Å². The van der Waals surface area contributed by atoms with E-state index in [-0.39, 0.29) is 11.2 Å². The van der Waals surface area contributed by atoms with Gasteiger partial charge >= 0.3 is 0 Å². The van der Waals surface area contributed by atoms with Crippen molar-refractivity contribution >= 4 is 23.4 Å². The number of anilines is 1. The molecule has 2 aromatic heterocycles. The lowest BCUT2D eigenvalue weighted by molar-refractivity contribution is -0.115. The van der Waals surface area contributed by atoms with Gasteiger partial charge in [-0.3, -0.25) is 9.36 Å². The average molecular weight is 435 g/mol. The normalized spacial score (nSPS) is 11.8. The Morgan fingerprint density at radius 2 is 1.87 bits per heavy atom. The van der Waals surface area contributed by atoms with Crippen LogP contribution in [0.1, 0.15) is 12.7 Å². The van der Waals surface area contributed by atoms with Gasteiger partial charge in [-0.25, -0.2) is 0 Å². The number of amides is 1. The summed E-state index contributed by atoms with van der Waals surface area (Å²) in [6.45, 7) is 2.28. The van der Waals surface area contributed by atoms with Gasteiger partial charge < -0.3 is 14.5 Å². The maximum absolute atomic E-state index is 12.7. The van der Waals surface area contributed by atoms with Crippen molar-refractivity contribution in [2.45, 2.75) is 23.9 Å². The molecule has 4 aromatic rings. The highest BCUT2D eigenvalue weighted by Crippen LogP contribution is 2.32. The van der Waals surface area contributed by atoms with Crippen LogP contribution in [0.5, 0.6) is 5.75 Å². The molecule has 2 heterocycles. The van der Waals surface area contributed by atoms with Gasteiger partial charge in [-0.2, -0.15) is 0 Å². The zero-order valence-electron chi connectivity index (χ0n) is 17.2. The summed E-state index contributed by atoms with van der Waals surface area (Å²) in [7, 11) is 1.62. The topological polar surface area (TPSA) is 82.2 Å². The van der Waals surface area contributed by atoms with E-state index >= 15 is 0 Å². The molecule has 0 fully saturated rings. The van der Waals surface area contributed by atoms with E-state index in [1.807, 2.05) is 78.2 Å². The number of rotatable bonds is 8. The van der Waals surface area contributed by atoms with E-state index in [2.05, 4.69) is 15.5 Å². The van der Waals surface area contributed by atoms with E-state index < -0.39 is 0 Å². The van der Waals surface area contributed by atoms with Crippen molar-refractivity contribution in [3.05, 3.63) is 78.8 Å². The van der Waals surface area contributed by atoms with Crippen molar-refractivity contribution in [3.63, 3.8) is 0 Å². The zero-order valence-corrected chi connectivity index (χ0v) is 18.0. The van der Waals surface area contributed by atoms with Crippen LogP contribution in [-0.2, 0) is 11.3 Å². The Morgan fingerprint density at radius 1 is 1.10 bits per heavy atom. The van der Waals surface area contributed by atoms with Crippen molar-refractivity contribution < 1.29 is 13.9 Å². The van der Waals surface area contributed by atoms with Crippen LogP contribution in [0.25, 0.3) is 11.4 Å². The Hall–Kier alpha value is -3.52. The van der Waals surface area contributed by atoms with Crippen molar-refractivity contribution in [2.24, 2.45) is 0 Å². The minimum Gasteiger partial charge on any atom is -0.496 e. The van der Waals surface area contributed by atoms with E-state index in [1.165, 1.54) is 11.8 Å². The van der Waals surface area contributed by atoms with Gasteiger partial charge in [-0.1, -0.05) is 42.1 Å². The quantitative estimate of drug-likeness (QED) is 0.404. The summed E-state index contributed by atoms with van der Waals surface area (Å²) in [5.41, 5.74) is 1.57. The molecule has 0 aliphatic heterocycles. The van der Waals surface area contributed by atoms with E-state index in [0.717, 1.165) is 17.0 Å². The first kappa shape index (κ1) is 20.7. The number of ether oxygens (including phenoxy) is 1. The molecule has 0 radical (unpaired) electrons. The van der Waals surface area contributed by atoms with Crippen LogP contribution in [-0.4, -0.2) is 33.0 Å². The monoisotopic (exact) mass is 434 g/mol. The molecule has 0 aliphatic carbocycles. The Labute approximate surface area is 184 Å². The highest BCUT2D eigenvalue weighted by atomic mass is 32.2. The highest BCUT2D eigenvalue weighted by molar-refractivity contribution is 8.00. The van der Waals surface area contributed by atoms with Gasteiger partial charge in [0.15, 0.2) is 11.0 Å². The molecule has 0 bridgehead atoms. The molecule has 158 valence electrons. The number of hydrogen-bond acceptors (Lipinski definition) is 6. The molecule has 2 aromatic carbocycles. The van der Waals surface area contributed by atoms with Crippen molar-refractivity contribution in [1.82, 2.24) is 14.8 Å². The molecule has 0 aliphatic rings. The maximum atomic E-state index is 12.7. The Morgan fingerprint density at radius 3 is 2.61 bits per heavy atom. The highest BCUT2D eigenvalue weighted by Gasteiger charge is 2.23. The molecular formula is C23H22N4O3S. The second kappa shape index (κ2) is 9.53. The Balaban J connectivity index is 1.62. The first-order chi connectivity index (χ1) is 15.2. The van der Waals surface area contributed by atoms with E-state index in [4.69, 9.17) is 9.15 Å². The second-order valence-corrected chi connectivity index (χ2v) is 8.10. The zero-order chi connectivity index (χ0) is 21.6. The number of thioether (sulfide) groups is 1. The second-order valence-electron chi connectivity index (χ2n) is 6.79. The third kappa shape index (κ3) is 4.80. The van der Waals surface area contributed by atoms with Crippen LogP contribution in [0.2, 0.25) is 0 Å². The third-order valence-corrected chi connectivity index (χ3v) is 5.73. The third-order valence-electron chi connectivity index (χ3n) is 4.65. The van der Waals surface area contributed by atoms with Crippen molar-refractivity contribution in [1.29, 1.82) is 0 Å². The number of furan rings is 1. The van der Waals surface area contributed by atoms with Crippen LogP contribution >= 0.6 is 11.8 Å². The van der Waals surface area contributed by atoms with Gasteiger partial charge in [0.1, 0.15) is 11.5 Å². The van der Waals surface area contributed by atoms with Crippen LogP contribution in [0, 0.1) is 0 Å². The van der Waals surface area contributed by atoms with Gasteiger partial charge in [0.25, 0.3) is 0 Å². The summed E-state index contributed by atoms with van der Waals surface area (Å²) < 4.78 is 13.0. The fourth-order valence-electron chi connectivity index (χ4n) is 3.08. The van der Waals surface area contributed by atoms with Crippen LogP contribution in [0.3, 0.4) is 0 Å². The number of para-hydroxylation sites is 2. The summed E-state index contributed by atoms with van der Waals surface area (Å²) in [5, 5.41) is 11.9. The molecule has 8 heteroatoms. The lowest BCUT2D eigenvalue weighted by Gasteiger charge is -2.14. The molecule has 1 N–H and O–H groups in total. The number of carbonyl (C=O) groups is 1. The fraction of sp³-hybridized carbons (Fsp3) is 0.174. The smallest absolute Gasteiger partial charge is 0.237 e. The van der Waals surface area contributed by atoms with Gasteiger partial charge in [0.05, 0.1) is 30.7 Å². The molecule has 0 spiro atoms. The summed E-state index contributed by atoms with van der Waals surface area (Å²) in [6.07, 6.45) is 1.63. The van der Waals surface area contributed by atoms with Gasteiger partial charge in [-0.05, 0) is 43.3 Å². The number of methoxy groups -OCH3 is 1. The molecule has 31 heavy (non-hydrogen) atoms. The molecule has 1 atom stereocenters. The molecule has 1 amide bonds. The number of nitrogens with one attached hydrogen (secondary N) is 1. The first-order valence-corrected chi connectivity index (χ1v) is 10.6. The van der Waals surface area contributed by atoms with E-state index in [9.17, 15) is 4.79 Å². The lowest BCUT2D eigenvalue weighted by atomic mass is 10.2. The predicted octanol–water partition coefficient (Wildman–Crippen LogP) is 4.71. The van der Waals surface area contributed by atoms with Gasteiger partial charge in [0.2, 0.25) is 5.91 Å². The summed E-state index contributed by atoms with van der Waals surface area (Å²) in [5.74, 6) is 2.00. The largest absolute Gasteiger partial charge is 0.496 e. The minimum atomic E-state index is -0.384. The number of nitrogens with zero attached hydrogens (tertiary/aromatic N) is 3. The van der Waals surface area contributed by atoms with Crippen LogP contribution < -0.4 is 10.1 Å². The van der Waals surface area contributed by atoms with Crippen LogP contribution in [0.15, 0.2) is 82.6 Å². The molecule has 0 unspecified atom stereocenters. The number of aromatic nitrogens is 3. The van der Waals surface area contributed by atoms with E-state index in [0.29, 0.717) is 23.3 Å². The Kier molecular flexibility index (Phi) is 6.37. The van der Waals surface area contributed by atoms with Crippen molar-refractivity contribution in [2.75, 3.05) is 12.4 Å². The minimum absolute atomic E-state index is 0.109. The Bertz CT molecular complexity index is 1140. The summed E-state index contributed by atoms with van der Waals surface area (Å²) in [6, 6.07) is 20.8. The number of carbonyl (C=O) groups excluding carboxylic acids is 1. The van der Waals surface area contributed by atoms with Crippen LogP contribution in [0.4, 0.5) is 5.69 Å². The number of benzene rings is 2. The molecule has 7 nitrogen and oxygen atoms in total. The van der Waals surface area contributed by atoms with Gasteiger partial charge in [-0.15, -0.1) is 10.2 Å². The molecule has 0 saturated carbocycles. The predicted molar refractivity (Wildman–Crippen MR) is 120 cm³/mol. The van der Waals surface area contributed by atoms with E-state index in [1.54, 1.807) is 13.4 Å². The first-order valence-electron chi connectivity index (χ1n) is 9.77. The summed E-state index contributed by atoms with van der Waals surface area (Å²) >= 11 is 1.34. The number of hydrogen-bond donors (Lipinski definition) is 1. The van der Waals surface area contributed by atoms with Gasteiger partial charge in [0, 0.05) is 5.69 Å². The maximum Gasteiger partial charge on any atom is 0.237 e. The molecule has 0 saturated heterocycles.